The highest BCUT2D eigenvalue weighted by molar-refractivity contribution is 6.39. The molecule has 0 aliphatic carbocycles. The maximum absolute atomic E-state index is 11.8. The predicted molar refractivity (Wildman–Crippen MR) is 95.1 cm³/mol. The number of hydrazone groups is 1. The van der Waals surface area contributed by atoms with Gasteiger partial charge in [-0.25, -0.2) is 5.43 Å². The lowest BCUT2D eigenvalue weighted by Crippen LogP contribution is -2.32. The second-order valence-corrected chi connectivity index (χ2v) is 5.13. The third kappa shape index (κ3) is 5.07. The summed E-state index contributed by atoms with van der Waals surface area (Å²) in [7, 11) is 3.06. The van der Waals surface area contributed by atoms with Gasteiger partial charge < -0.3 is 14.8 Å². The average molecular weight is 341 g/mol. The zero-order valence-electron chi connectivity index (χ0n) is 14.2. The molecule has 0 aliphatic heterocycles. The van der Waals surface area contributed by atoms with Gasteiger partial charge in [-0.3, -0.25) is 9.59 Å². The van der Waals surface area contributed by atoms with Gasteiger partial charge in [0.15, 0.2) is 0 Å². The summed E-state index contributed by atoms with van der Waals surface area (Å²) in [4.78, 5) is 23.6. The topological polar surface area (TPSA) is 89.0 Å². The maximum Gasteiger partial charge on any atom is 0.329 e. The number of nitrogens with one attached hydrogen (secondary N) is 2. The second kappa shape index (κ2) is 8.49. The highest BCUT2D eigenvalue weighted by Gasteiger charge is 2.12. The fourth-order valence-corrected chi connectivity index (χ4v) is 1.98. The molecule has 0 heterocycles. The molecule has 0 saturated carbocycles. The molecule has 0 saturated heterocycles. The zero-order chi connectivity index (χ0) is 18.2. The normalized spacial score (nSPS) is 10.4. The smallest absolute Gasteiger partial charge is 0.329 e. The van der Waals surface area contributed by atoms with Crippen molar-refractivity contribution in [1.82, 2.24) is 5.43 Å². The van der Waals surface area contributed by atoms with Crippen LogP contribution in [0.5, 0.6) is 11.5 Å². The van der Waals surface area contributed by atoms with Crippen molar-refractivity contribution in [3.8, 4) is 11.5 Å². The fraction of sp³-hybridized carbons (Fsp3) is 0.167. The first kappa shape index (κ1) is 18.0. The molecule has 0 bridgehead atoms. The minimum atomic E-state index is -0.876. The van der Waals surface area contributed by atoms with E-state index in [0.717, 1.165) is 5.56 Å². The Morgan fingerprint density at radius 1 is 1.00 bits per heavy atom. The molecule has 2 aromatic carbocycles. The Bertz CT molecular complexity index is 785. The van der Waals surface area contributed by atoms with Gasteiger partial charge in [0.25, 0.3) is 0 Å². The number of rotatable bonds is 5. The number of hydrogen-bond acceptors (Lipinski definition) is 5. The van der Waals surface area contributed by atoms with E-state index in [0.29, 0.717) is 22.7 Å². The number of hydrogen-bond donors (Lipinski definition) is 2. The van der Waals surface area contributed by atoms with E-state index in [2.05, 4.69) is 15.8 Å². The van der Waals surface area contributed by atoms with Crippen LogP contribution in [0.3, 0.4) is 0 Å². The number of methoxy groups -OCH3 is 2. The van der Waals surface area contributed by atoms with E-state index < -0.39 is 11.8 Å². The van der Waals surface area contributed by atoms with Crippen LogP contribution in [-0.4, -0.2) is 32.2 Å². The van der Waals surface area contributed by atoms with E-state index in [1.165, 1.54) is 13.3 Å². The Kier molecular flexibility index (Phi) is 6.11. The van der Waals surface area contributed by atoms with Crippen LogP contribution in [-0.2, 0) is 9.59 Å². The minimum Gasteiger partial charge on any atom is -0.497 e. The SMILES string of the molecule is COc1ccc(OC)c(/C=N\NC(=O)C(=O)Nc2ccc(C)cc2)c1. The van der Waals surface area contributed by atoms with E-state index >= 15 is 0 Å². The summed E-state index contributed by atoms with van der Waals surface area (Å²) in [5, 5.41) is 6.27. The van der Waals surface area contributed by atoms with Crippen LogP contribution < -0.4 is 20.2 Å². The third-order valence-electron chi connectivity index (χ3n) is 3.32. The Labute approximate surface area is 145 Å². The predicted octanol–water partition coefficient (Wildman–Crippen LogP) is 2.10. The van der Waals surface area contributed by atoms with Crippen molar-refractivity contribution in [1.29, 1.82) is 0 Å². The van der Waals surface area contributed by atoms with Crippen LogP contribution in [0.15, 0.2) is 47.6 Å². The van der Waals surface area contributed by atoms with E-state index in [4.69, 9.17) is 9.47 Å². The Hall–Kier alpha value is -3.35. The quantitative estimate of drug-likeness (QED) is 0.495. The summed E-state index contributed by atoms with van der Waals surface area (Å²) < 4.78 is 10.3. The number of anilines is 1. The molecule has 0 aromatic heterocycles. The molecule has 2 aromatic rings. The van der Waals surface area contributed by atoms with Gasteiger partial charge >= 0.3 is 11.8 Å². The zero-order valence-corrected chi connectivity index (χ0v) is 14.2. The van der Waals surface area contributed by atoms with Gasteiger partial charge in [-0.15, -0.1) is 0 Å². The molecule has 25 heavy (non-hydrogen) atoms. The first-order chi connectivity index (χ1) is 12.0. The molecule has 2 rings (SSSR count). The molecule has 0 fully saturated rings. The summed E-state index contributed by atoms with van der Waals surface area (Å²) in [6.07, 6.45) is 1.37. The second-order valence-electron chi connectivity index (χ2n) is 5.13. The summed E-state index contributed by atoms with van der Waals surface area (Å²) in [6, 6.07) is 12.2. The van der Waals surface area contributed by atoms with Crippen LogP contribution in [0.2, 0.25) is 0 Å². The largest absolute Gasteiger partial charge is 0.497 e. The van der Waals surface area contributed by atoms with Gasteiger partial charge in [0.1, 0.15) is 11.5 Å². The molecule has 0 spiro atoms. The molecule has 2 N–H and O–H groups in total. The third-order valence-corrected chi connectivity index (χ3v) is 3.32. The fourth-order valence-electron chi connectivity index (χ4n) is 1.98. The summed E-state index contributed by atoms with van der Waals surface area (Å²) in [5.74, 6) is -0.508. The van der Waals surface area contributed by atoms with Gasteiger partial charge in [-0.05, 0) is 37.3 Å². The first-order valence-corrected chi connectivity index (χ1v) is 7.46. The summed E-state index contributed by atoms with van der Waals surface area (Å²) >= 11 is 0. The maximum atomic E-state index is 11.8. The lowest BCUT2D eigenvalue weighted by molar-refractivity contribution is -0.136. The van der Waals surface area contributed by atoms with Crippen LogP contribution in [0.25, 0.3) is 0 Å². The van der Waals surface area contributed by atoms with Crippen molar-refractivity contribution in [3.05, 3.63) is 53.6 Å². The van der Waals surface area contributed by atoms with E-state index in [9.17, 15) is 9.59 Å². The number of aryl methyl sites for hydroxylation is 1. The van der Waals surface area contributed by atoms with Crippen LogP contribution in [0, 0.1) is 6.92 Å². The molecule has 130 valence electrons. The van der Waals surface area contributed by atoms with Crippen molar-refractivity contribution in [2.24, 2.45) is 5.10 Å². The Balaban J connectivity index is 1.97. The van der Waals surface area contributed by atoms with Crippen molar-refractivity contribution >= 4 is 23.7 Å². The van der Waals surface area contributed by atoms with Gasteiger partial charge in [0.05, 0.1) is 20.4 Å². The van der Waals surface area contributed by atoms with Gasteiger partial charge in [-0.2, -0.15) is 5.10 Å². The summed E-state index contributed by atoms with van der Waals surface area (Å²) in [5.41, 5.74) is 4.36. The van der Waals surface area contributed by atoms with Crippen molar-refractivity contribution in [2.75, 3.05) is 19.5 Å². The molecule has 0 aliphatic rings. The lowest BCUT2D eigenvalue weighted by Gasteiger charge is -2.07. The molecule has 7 nitrogen and oxygen atoms in total. The lowest BCUT2D eigenvalue weighted by atomic mass is 10.2. The molecular weight excluding hydrogens is 322 g/mol. The molecular formula is C18H19N3O4. The number of nitrogens with zero attached hydrogens (tertiary/aromatic N) is 1. The van der Waals surface area contributed by atoms with Crippen molar-refractivity contribution < 1.29 is 19.1 Å². The average Bonchev–Trinajstić information content (AvgIpc) is 2.63. The first-order valence-electron chi connectivity index (χ1n) is 7.46. The van der Waals surface area contributed by atoms with E-state index in [-0.39, 0.29) is 0 Å². The van der Waals surface area contributed by atoms with Crippen molar-refractivity contribution in [3.63, 3.8) is 0 Å². The van der Waals surface area contributed by atoms with Crippen LogP contribution in [0.1, 0.15) is 11.1 Å². The molecule has 2 amide bonds. The Morgan fingerprint density at radius 3 is 2.36 bits per heavy atom. The standard InChI is InChI=1S/C18H19N3O4/c1-12-4-6-14(7-5-12)20-17(22)18(23)21-19-11-13-10-15(24-2)8-9-16(13)25-3/h4-11H,1-3H3,(H,20,22)(H,21,23)/b19-11-. The van der Waals surface area contributed by atoms with Gasteiger partial charge in [0.2, 0.25) is 0 Å². The van der Waals surface area contributed by atoms with Crippen molar-refractivity contribution in [2.45, 2.75) is 6.92 Å². The molecule has 0 radical (unpaired) electrons. The highest BCUT2D eigenvalue weighted by Crippen LogP contribution is 2.22. The number of carbonyl (C=O) groups is 2. The molecule has 7 heteroatoms. The molecule has 0 unspecified atom stereocenters. The molecule has 0 atom stereocenters. The van der Waals surface area contributed by atoms with Gasteiger partial charge in [-0.1, -0.05) is 17.7 Å². The number of carbonyl (C=O) groups excluding carboxylic acids is 2. The number of benzene rings is 2. The number of ether oxygens (including phenoxy) is 2. The van der Waals surface area contributed by atoms with Crippen LogP contribution >= 0.6 is 0 Å². The van der Waals surface area contributed by atoms with Gasteiger partial charge in [0, 0.05) is 11.3 Å². The Morgan fingerprint density at radius 2 is 1.72 bits per heavy atom. The number of amides is 2. The summed E-state index contributed by atoms with van der Waals surface area (Å²) in [6.45, 7) is 1.93. The van der Waals surface area contributed by atoms with Crippen LogP contribution in [0.4, 0.5) is 5.69 Å². The highest BCUT2D eigenvalue weighted by atomic mass is 16.5. The minimum absolute atomic E-state index is 0.532. The monoisotopic (exact) mass is 341 g/mol. The van der Waals surface area contributed by atoms with E-state index in [1.54, 1.807) is 37.4 Å². The van der Waals surface area contributed by atoms with E-state index in [1.807, 2.05) is 19.1 Å².